The molecule has 6 rings (SSSR count). The van der Waals surface area contributed by atoms with Gasteiger partial charge in [0.1, 0.15) is 40.3 Å². The molecule has 2 amide bonds. The van der Waals surface area contributed by atoms with Crippen molar-refractivity contribution in [2.45, 2.75) is 107 Å². The number of nitrogens with zero attached hydrogens (tertiary/aromatic N) is 1. The minimum Gasteiger partial charge on any atom is -0.495 e. The predicted molar refractivity (Wildman–Crippen MR) is 200 cm³/mol. The number of carbonyl (C=O) groups excluding carboxylic acids is 3. The van der Waals surface area contributed by atoms with E-state index in [1.54, 1.807) is 43.8 Å². The first-order valence-corrected chi connectivity index (χ1v) is 20.5. The molecule has 282 valence electrons. The van der Waals surface area contributed by atoms with Gasteiger partial charge in [-0.3, -0.25) is 14.9 Å². The summed E-state index contributed by atoms with van der Waals surface area (Å²) >= 11 is 6.78. The zero-order valence-electron chi connectivity index (χ0n) is 30.5. The molecule has 11 nitrogen and oxygen atoms in total. The van der Waals surface area contributed by atoms with Gasteiger partial charge in [-0.15, -0.1) is 0 Å². The van der Waals surface area contributed by atoms with E-state index in [0.29, 0.717) is 23.8 Å². The highest BCUT2D eigenvalue weighted by Gasteiger charge is 2.63. The van der Waals surface area contributed by atoms with Crippen LogP contribution in [0.3, 0.4) is 0 Å². The van der Waals surface area contributed by atoms with E-state index >= 15 is 0 Å². The van der Waals surface area contributed by atoms with Gasteiger partial charge in [-0.1, -0.05) is 57.0 Å². The second kappa shape index (κ2) is 16.3. The van der Waals surface area contributed by atoms with Gasteiger partial charge in [-0.05, 0) is 82.7 Å². The maximum Gasteiger partial charge on any atom is 0.409 e. The lowest BCUT2D eigenvalue weighted by Gasteiger charge is -2.59. The topological polar surface area (TPSA) is 133 Å². The normalized spacial score (nSPS) is 36.1. The number of ether oxygens (including phenoxy) is 5. The van der Waals surface area contributed by atoms with Crippen molar-refractivity contribution >= 4 is 56.8 Å². The molecule has 51 heavy (non-hydrogen) atoms. The van der Waals surface area contributed by atoms with E-state index in [9.17, 15) is 19.5 Å². The Morgan fingerprint density at radius 3 is 2.51 bits per heavy atom. The second-order valence-electron chi connectivity index (χ2n) is 14.7. The number of amides is 2. The zero-order chi connectivity index (χ0) is 37.1. The summed E-state index contributed by atoms with van der Waals surface area (Å²) in [5.74, 6) is 1.09. The van der Waals surface area contributed by atoms with Gasteiger partial charge in [-0.25, -0.2) is 4.79 Å². The average Bonchev–Trinajstić information content (AvgIpc) is 3.07. The Kier molecular flexibility index (Phi) is 12.7. The van der Waals surface area contributed by atoms with Crippen molar-refractivity contribution in [1.82, 2.24) is 5.32 Å². The van der Waals surface area contributed by atoms with Gasteiger partial charge in [0.25, 0.3) is 0 Å². The Morgan fingerprint density at radius 1 is 1.16 bits per heavy atom. The Morgan fingerprint density at radius 2 is 1.86 bits per heavy atom. The lowest BCUT2D eigenvalue weighted by molar-refractivity contribution is -0.328. The molecule has 2 saturated heterocycles. The third-order valence-electron chi connectivity index (χ3n) is 10.7. The van der Waals surface area contributed by atoms with Crippen molar-refractivity contribution in [3.63, 3.8) is 0 Å². The van der Waals surface area contributed by atoms with Gasteiger partial charge in [0.15, 0.2) is 5.72 Å². The highest BCUT2D eigenvalue weighted by molar-refractivity contribution is 8.76. The van der Waals surface area contributed by atoms with E-state index in [1.807, 2.05) is 35.9 Å². The highest BCUT2D eigenvalue weighted by atomic mass is 35.5. The molecule has 1 saturated carbocycles. The number of carbonyl (C=O) groups is 3. The first-order chi connectivity index (χ1) is 24.1. The fourth-order valence-corrected chi connectivity index (χ4v) is 9.82. The Hall–Kier alpha value is -2.42. The number of aliphatic hydroxyl groups is 1. The number of methoxy groups -OCH3 is 2. The van der Waals surface area contributed by atoms with Crippen LogP contribution in [0.1, 0.15) is 71.3 Å². The summed E-state index contributed by atoms with van der Waals surface area (Å²) in [6.45, 7) is 5.55. The van der Waals surface area contributed by atoms with Gasteiger partial charge in [-0.2, -0.15) is 0 Å². The molecule has 3 fully saturated rings. The van der Waals surface area contributed by atoms with E-state index in [1.165, 1.54) is 19.1 Å². The molecule has 1 aliphatic carbocycles. The molecule has 1 aromatic rings. The number of nitrogens with one attached hydrogen (secondary N) is 1. The van der Waals surface area contributed by atoms with Crippen molar-refractivity contribution in [3.8, 4) is 5.75 Å². The number of hydrogen-bond acceptors (Lipinski definition) is 11. The molecule has 14 heteroatoms. The van der Waals surface area contributed by atoms with Crippen molar-refractivity contribution in [2.75, 3.05) is 38.2 Å². The summed E-state index contributed by atoms with van der Waals surface area (Å²) in [7, 11) is 8.22. The minimum absolute atomic E-state index is 0.0365. The second-order valence-corrected chi connectivity index (χ2v) is 17.7. The third-order valence-corrected chi connectivity index (χ3v) is 13.1. The third kappa shape index (κ3) is 8.87. The summed E-state index contributed by atoms with van der Waals surface area (Å²) in [6, 6.07) is 3.68. The molecule has 6 atom stereocenters. The quantitative estimate of drug-likeness (QED) is 0.229. The van der Waals surface area contributed by atoms with E-state index < -0.39 is 41.3 Å². The van der Waals surface area contributed by atoms with Crippen molar-refractivity contribution in [2.24, 2.45) is 11.8 Å². The number of benzene rings is 1. The molecule has 4 heterocycles. The van der Waals surface area contributed by atoms with Crippen LogP contribution in [0.15, 0.2) is 35.9 Å². The van der Waals surface area contributed by atoms with Crippen LogP contribution in [0.4, 0.5) is 10.5 Å². The monoisotopic (exact) mass is 766 g/mol. The summed E-state index contributed by atoms with van der Waals surface area (Å²) in [4.78, 5) is 42.2. The van der Waals surface area contributed by atoms with Crippen molar-refractivity contribution in [3.05, 3.63) is 46.5 Å². The van der Waals surface area contributed by atoms with Crippen LogP contribution < -0.4 is 15.0 Å². The molecule has 1 aromatic carbocycles. The van der Waals surface area contributed by atoms with Gasteiger partial charge < -0.3 is 33.7 Å². The first-order valence-electron chi connectivity index (χ1n) is 17.4. The van der Waals surface area contributed by atoms with E-state index in [4.69, 9.17) is 35.3 Å². The summed E-state index contributed by atoms with van der Waals surface area (Å²) in [5, 5.41) is 14.6. The summed E-state index contributed by atoms with van der Waals surface area (Å²) in [5.41, 5.74) is -1.68. The fourth-order valence-electron chi connectivity index (χ4n) is 7.86. The number of allylic oxidation sites excluding steroid dienone is 3. The molecule has 0 radical (unpaired) electrons. The van der Waals surface area contributed by atoms with Gasteiger partial charge in [0.05, 0.1) is 25.1 Å². The molecule has 0 aromatic heterocycles. The van der Waals surface area contributed by atoms with Crippen LogP contribution in [0.2, 0.25) is 5.02 Å². The lowest BCUT2D eigenvalue weighted by Crippen LogP contribution is -2.72. The fraction of sp³-hybridized carbons (Fsp3) is 0.649. The standard InChI is InChI=1S/C37H51ClN2O9S2/c1-22-9-8-10-28(46-6)37(44)19-30(48-34(43)39-37)36(3)21-35(2,49-36)29(47-33(42)25-13-11-23(12-14-25)20-51-50-7)18-31(41)40(4)26-16-24(15-22)17-27(45-5)32(26)38/h8-10,16-17,23,25,28-30,44H,11-15,18-21H2,1-7H3,(H,39,43)/b10-8+,22-9+/t23-,25-,28-,29+,30+,35-,36?,37+/m1/s1. The van der Waals surface area contributed by atoms with Crippen LogP contribution in [0.25, 0.3) is 0 Å². The average molecular weight is 767 g/mol. The highest BCUT2D eigenvalue weighted by Crippen LogP contribution is 2.51. The van der Waals surface area contributed by atoms with Crippen molar-refractivity contribution < 1.29 is 43.2 Å². The number of halogens is 1. The van der Waals surface area contributed by atoms with Crippen LogP contribution in [0.5, 0.6) is 5.75 Å². The largest absolute Gasteiger partial charge is 0.495 e. The molecule has 5 aliphatic rings. The molecule has 4 aliphatic heterocycles. The molecule has 1 unspecified atom stereocenters. The smallest absolute Gasteiger partial charge is 0.409 e. The van der Waals surface area contributed by atoms with Gasteiger partial charge in [0, 0.05) is 32.8 Å². The lowest BCUT2D eigenvalue weighted by atomic mass is 9.72. The molecular formula is C37H51ClN2O9S2. The SMILES string of the molecule is COc1cc2cc(c1Cl)N(C)C(=O)C[C@H](OC(=O)[C@H]1CC[C@H](CSSC)CC1)[C@@]1(C)CC(C)(O1)[C@@H]1C[C@@](O)(NC(=O)O1)[C@H](OC)/C=C/C=C(\C)C2. The van der Waals surface area contributed by atoms with Crippen LogP contribution in [-0.4, -0.2) is 91.6 Å². The van der Waals surface area contributed by atoms with Gasteiger partial charge in [0.2, 0.25) is 5.91 Å². The predicted octanol–water partition coefficient (Wildman–Crippen LogP) is 6.63. The number of hydrogen-bond donors (Lipinski definition) is 2. The number of fused-ring (bicyclic) bond motifs is 6. The molecule has 2 N–H and O–H groups in total. The maximum absolute atomic E-state index is 14.1. The van der Waals surface area contributed by atoms with Crippen molar-refractivity contribution in [1.29, 1.82) is 0 Å². The first kappa shape index (κ1) is 39.8. The Bertz CT molecular complexity index is 1530. The minimum atomic E-state index is -1.80. The Labute approximate surface area is 313 Å². The Balaban J connectivity index is 1.49. The zero-order valence-corrected chi connectivity index (χ0v) is 32.9. The molecule has 0 spiro atoms. The van der Waals surface area contributed by atoms with E-state index in [-0.39, 0.29) is 42.1 Å². The number of anilines is 1. The number of alkyl carbamates (subject to hydrolysis) is 1. The number of esters is 1. The van der Waals surface area contributed by atoms with E-state index in [0.717, 1.165) is 42.6 Å². The van der Waals surface area contributed by atoms with Gasteiger partial charge >= 0.3 is 12.1 Å². The molecule has 6 bridgehead atoms. The van der Waals surface area contributed by atoms with Crippen LogP contribution in [-0.2, 0) is 35.0 Å². The number of rotatable bonds is 7. The summed E-state index contributed by atoms with van der Waals surface area (Å²) < 4.78 is 29.8. The maximum atomic E-state index is 14.1. The molecular weight excluding hydrogens is 716 g/mol. The van der Waals surface area contributed by atoms with Crippen LogP contribution >= 0.6 is 33.2 Å². The van der Waals surface area contributed by atoms with Crippen LogP contribution in [0, 0.1) is 11.8 Å². The van der Waals surface area contributed by atoms with E-state index in [2.05, 4.69) is 11.6 Å². The summed E-state index contributed by atoms with van der Waals surface area (Å²) in [6.07, 6.45) is 7.76.